The van der Waals surface area contributed by atoms with Crippen LogP contribution in [0.3, 0.4) is 0 Å². The number of nitrogens with one attached hydrogen (secondary N) is 1. The van der Waals surface area contributed by atoms with Crippen LogP contribution in [-0.4, -0.2) is 24.3 Å². The standard InChI is InChI=1S/C21H15ClF3N5O3/c1-29-17(27-28-20(29)32)11-30-7-4-16(21(23,24)25)18(19(30)31)33-15-9-13(8-14(22)10-15)12-2-5-26-6-3-12/h2-10H,11H2,1H3,(H,28,32). The number of hydrogen-bond acceptors (Lipinski definition) is 5. The highest BCUT2D eigenvalue weighted by Crippen LogP contribution is 2.37. The van der Waals surface area contributed by atoms with Gasteiger partial charge < -0.3 is 9.30 Å². The highest BCUT2D eigenvalue weighted by molar-refractivity contribution is 6.31. The number of ether oxygens (including phenoxy) is 1. The highest BCUT2D eigenvalue weighted by atomic mass is 35.5. The van der Waals surface area contributed by atoms with Crippen molar-refractivity contribution in [2.45, 2.75) is 12.7 Å². The normalized spacial score (nSPS) is 11.5. The molecule has 1 N–H and O–H groups in total. The van der Waals surface area contributed by atoms with Crippen molar-refractivity contribution in [2.24, 2.45) is 7.05 Å². The Bertz CT molecular complexity index is 1430. The molecule has 0 aliphatic carbocycles. The first-order valence-electron chi connectivity index (χ1n) is 9.43. The second-order valence-corrected chi connectivity index (χ2v) is 7.44. The van der Waals surface area contributed by atoms with E-state index in [1.54, 1.807) is 30.6 Å². The first kappa shape index (κ1) is 22.3. The van der Waals surface area contributed by atoms with Crippen LogP contribution in [0.1, 0.15) is 11.4 Å². The molecule has 0 fully saturated rings. The fourth-order valence-corrected chi connectivity index (χ4v) is 3.35. The van der Waals surface area contributed by atoms with E-state index < -0.39 is 28.7 Å². The van der Waals surface area contributed by atoms with Gasteiger partial charge >= 0.3 is 11.9 Å². The lowest BCUT2D eigenvalue weighted by atomic mass is 10.1. The summed E-state index contributed by atoms with van der Waals surface area (Å²) in [7, 11) is 1.42. The van der Waals surface area contributed by atoms with E-state index in [4.69, 9.17) is 16.3 Å². The number of aromatic nitrogens is 5. The van der Waals surface area contributed by atoms with Gasteiger partial charge in [-0.1, -0.05) is 11.6 Å². The number of H-pyrrole nitrogens is 1. The van der Waals surface area contributed by atoms with Crippen LogP contribution in [0.25, 0.3) is 11.1 Å². The molecule has 1 aromatic carbocycles. The number of halogens is 4. The summed E-state index contributed by atoms with van der Waals surface area (Å²) < 4.78 is 48.6. The topological polar surface area (TPSA) is 94.8 Å². The molecule has 8 nitrogen and oxygen atoms in total. The number of pyridine rings is 2. The summed E-state index contributed by atoms with van der Waals surface area (Å²) in [4.78, 5) is 28.5. The summed E-state index contributed by atoms with van der Waals surface area (Å²) >= 11 is 6.15. The smallest absolute Gasteiger partial charge is 0.420 e. The van der Waals surface area contributed by atoms with Gasteiger partial charge in [0.15, 0.2) is 5.82 Å². The molecule has 0 aliphatic rings. The van der Waals surface area contributed by atoms with Gasteiger partial charge in [-0.3, -0.25) is 14.3 Å². The second-order valence-electron chi connectivity index (χ2n) is 7.01. The number of benzene rings is 1. The van der Waals surface area contributed by atoms with Gasteiger partial charge in [0.05, 0.1) is 6.54 Å². The molecule has 0 saturated heterocycles. The van der Waals surface area contributed by atoms with Gasteiger partial charge in [0.2, 0.25) is 5.75 Å². The third-order valence-corrected chi connectivity index (χ3v) is 5.03. The van der Waals surface area contributed by atoms with Crippen LogP contribution in [0, 0.1) is 0 Å². The molecule has 4 rings (SSSR count). The Morgan fingerprint density at radius 3 is 2.45 bits per heavy atom. The molecule has 0 unspecified atom stereocenters. The zero-order valence-electron chi connectivity index (χ0n) is 16.9. The predicted octanol–water partition coefficient (Wildman–Crippen LogP) is 3.84. The number of hydrogen-bond donors (Lipinski definition) is 1. The van der Waals surface area contributed by atoms with Gasteiger partial charge in [-0.25, -0.2) is 9.89 Å². The third-order valence-electron chi connectivity index (χ3n) is 4.82. The molecule has 0 aliphatic heterocycles. The van der Waals surface area contributed by atoms with E-state index in [9.17, 15) is 22.8 Å². The largest absolute Gasteiger partial charge is 0.451 e. The molecule has 0 radical (unpaired) electrons. The number of aromatic amines is 1. The first-order chi connectivity index (χ1) is 15.6. The second kappa shape index (κ2) is 8.58. The average molecular weight is 478 g/mol. The molecule has 170 valence electrons. The molecule has 0 bridgehead atoms. The summed E-state index contributed by atoms with van der Waals surface area (Å²) in [6, 6.07) is 8.50. The van der Waals surface area contributed by atoms with Crippen LogP contribution >= 0.6 is 11.6 Å². The molecule has 0 saturated carbocycles. The summed E-state index contributed by atoms with van der Waals surface area (Å²) in [6.07, 6.45) is -0.773. The van der Waals surface area contributed by atoms with Crippen molar-refractivity contribution in [3.8, 4) is 22.6 Å². The zero-order valence-corrected chi connectivity index (χ0v) is 17.7. The summed E-state index contributed by atoms with van der Waals surface area (Å²) in [5.74, 6) is -0.828. The van der Waals surface area contributed by atoms with Crippen LogP contribution in [0.15, 0.2) is 64.6 Å². The molecule has 12 heteroatoms. The number of rotatable bonds is 5. The lowest BCUT2D eigenvalue weighted by Gasteiger charge is -2.16. The van der Waals surface area contributed by atoms with Crippen molar-refractivity contribution in [3.63, 3.8) is 0 Å². The van der Waals surface area contributed by atoms with Crippen molar-refractivity contribution in [1.29, 1.82) is 0 Å². The van der Waals surface area contributed by atoms with E-state index in [0.29, 0.717) is 11.1 Å². The van der Waals surface area contributed by atoms with E-state index >= 15 is 0 Å². The Morgan fingerprint density at radius 2 is 1.82 bits per heavy atom. The van der Waals surface area contributed by atoms with E-state index in [1.165, 1.54) is 19.2 Å². The van der Waals surface area contributed by atoms with E-state index in [2.05, 4.69) is 15.2 Å². The SMILES string of the molecule is Cn1c(Cn2ccc(C(F)(F)F)c(Oc3cc(Cl)cc(-c4ccncc4)c3)c2=O)n[nH]c1=O. The molecule has 33 heavy (non-hydrogen) atoms. The maximum absolute atomic E-state index is 13.7. The monoisotopic (exact) mass is 477 g/mol. The van der Waals surface area contributed by atoms with Gasteiger partial charge in [-0.15, -0.1) is 0 Å². The Morgan fingerprint density at radius 1 is 1.09 bits per heavy atom. The van der Waals surface area contributed by atoms with Crippen LogP contribution in [0.4, 0.5) is 13.2 Å². The quantitative estimate of drug-likeness (QED) is 0.471. The van der Waals surface area contributed by atoms with Gasteiger partial charge in [0.25, 0.3) is 5.56 Å². The van der Waals surface area contributed by atoms with Gasteiger partial charge in [0.1, 0.15) is 11.3 Å². The maximum atomic E-state index is 13.7. The van der Waals surface area contributed by atoms with Gasteiger partial charge in [-0.2, -0.15) is 18.3 Å². The highest BCUT2D eigenvalue weighted by Gasteiger charge is 2.36. The predicted molar refractivity (Wildman–Crippen MR) is 113 cm³/mol. The molecule has 4 aromatic rings. The summed E-state index contributed by atoms with van der Waals surface area (Å²) in [5.41, 5.74) is -1.55. The van der Waals surface area contributed by atoms with Crippen LogP contribution in [0.5, 0.6) is 11.5 Å². The van der Waals surface area contributed by atoms with E-state index in [1.807, 2.05) is 0 Å². The average Bonchev–Trinajstić information content (AvgIpc) is 3.08. The van der Waals surface area contributed by atoms with Crippen LogP contribution in [-0.2, 0) is 19.8 Å². The Labute approximate surface area is 188 Å². The molecule has 0 spiro atoms. The minimum absolute atomic E-state index is 0.0539. The Balaban J connectivity index is 1.79. The summed E-state index contributed by atoms with van der Waals surface area (Å²) in [6.45, 7) is -0.250. The van der Waals surface area contributed by atoms with Crippen LogP contribution < -0.4 is 16.0 Å². The fraction of sp³-hybridized carbons (Fsp3) is 0.143. The lowest BCUT2D eigenvalue weighted by molar-refractivity contribution is -0.138. The van der Waals surface area contributed by atoms with Crippen molar-refractivity contribution in [1.82, 2.24) is 24.3 Å². The molecule has 0 amide bonds. The van der Waals surface area contributed by atoms with E-state index in [-0.39, 0.29) is 23.1 Å². The van der Waals surface area contributed by atoms with Crippen molar-refractivity contribution >= 4 is 11.6 Å². The molecule has 3 heterocycles. The summed E-state index contributed by atoms with van der Waals surface area (Å²) in [5, 5.41) is 6.18. The minimum Gasteiger partial charge on any atom is -0.451 e. The van der Waals surface area contributed by atoms with Crippen molar-refractivity contribution < 1.29 is 17.9 Å². The van der Waals surface area contributed by atoms with E-state index in [0.717, 1.165) is 21.4 Å². The fourth-order valence-electron chi connectivity index (χ4n) is 3.12. The Hall–Kier alpha value is -3.86. The minimum atomic E-state index is -4.85. The lowest BCUT2D eigenvalue weighted by Crippen LogP contribution is -2.26. The number of alkyl halides is 3. The molecule has 3 aromatic heterocycles. The first-order valence-corrected chi connectivity index (χ1v) is 9.81. The van der Waals surface area contributed by atoms with Gasteiger partial charge in [-0.05, 0) is 47.5 Å². The molecular formula is C21H15ClF3N5O3. The van der Waals surface area contributed by atoms with Gasteiger partial charge in [0, 0.05) is 30.7 Å². The van der Waals surface area contributed by atoms with Crippen molar-refractivity contribution in [2.75, 3.05) is 0 Å². The maximum Gasteiger partial charge on any atom is 0.420 e. The molecule has 0 atom stereocenters. The Kier molecular flexibility index (Phi) is 5.81. The molecular weight excluding hydrogens is 463 g/mol. The van der Waals surface area contributed by atoms with Crippen molar-refractivity contribution in [3.05, 3.63) is 92.2 Å². The number of nitrogens with zero attached hydrogens (tertiary/aromatic N) is 4. The zero-order chi connectivity index (χ0) is 23.8. The third kappa shape index (κ3) is 4.67. The van der Waals surface area contributed by atoms with Crippen LogP contribution in [0.2, 0.25) is 5.02 Å².